The van der Waals surface area contributed by atoms with Crippen LogP contribution in [0.15, 0.2) is 40.9 Å². The van der Waals surface area contributed by atoms with Crippen molar-refractivity contribution in [2.24, 2.45) is 0 Å². The highest BCUT2D eigenvalue weighted by atomic mass is 79.9. The maximum Gasteiger partial charge on any atom is 0.417 e. The molecular formula is C23H16BrF12NO3S. The monoisotopic (exact) mass is 693 g/mol. The molecule has 0 radical (unpaired) electrons. The number of nitrogens with one attached hydrogen (secondary N) is 1. The lowest BCUT2D eigenvalue weighted by atomic mass is 9.95. The Balaban J connectivity index is 2.46. The maximum atomic E-state index is 14.9. The molecule has 0 saturated carbocycles. The van der Waals surface area contributed by atoms with E-state index in [0.717, 1.165) is 6.92 Å². The standard InChI is InChI=1S/C23H16BrF12NO3S/c1-10(8-41(39,40)9-21(28,29)30)37-20(38)13-3-2-11(4-15(13)23(34,35)36)17(25)7-14(22(31,32)33)12-5-16(24)19(27)18(26)6-12/h2-7,10,14H,8-9H2,1H3,(H,37,38)/b17-7-. The van der Waals surface area contributed by atoms with Crippen LogP contribution in [0.5, 0.6) is 0 Å². The molecule has 1 amide bonds. The Morgan fingerprint density at radius 2 is 1.59 bits per heavy atom. The second-order valence-electron chi connectivity index (χ2n) is 8.63. The first-order valence-electron chi connectivity index (χ1n) is 10.8. The summed E-state index contributed by atoms with van der Waals surface area (Å²) in [6, 6.07) is -0.197. The minimum atomic E-state index is -5.41. The molecule has 0 fully saturated rings. The van der Waals surface area contributed by atoms with Crippen LogP contribution in [0.1, 0.15) is 39.9 Å². The van der Waals surface area contributed by atoms with Gasteiger partial charge in [0, 0.05) is 11.6 Å². The van der Waals surface area contributed by atoms with E-state index in [2.05, 4.69) is 15.9 Å². The van der Waals surface area contributed by atoms with Gasteiger partial charge in [-0.25, -0.2) is 21.6 Å². The van der Waals surface area contributed by atoms with Crippen molar-refractivity contribution >= 4 is 37.5 Å². The highest BCUT2D eigenvalue weighted by molar-refractivity contribution is 9.10. The molecule has 0 aliphatic heterocycles. The van der Waals surface area contributed by atoms with Crippen molar-refractivity contribution in [1.82, 2.24) is 5.32 Å². The van der Waals surface area contributed by atoms with E-state index >= 15 is 0 Å². The van der Waals surface area contributed by atoms with Crippen molar-refractivity contribution in [1.29, 1.82) is 0 Å². The lowest BCUT2D eigenvalue weighted by Gasteiger charge is -2.19. The van der Waals surface area contributed by atoms with Crippen LogP contribution in [0.2, 0.25) is 0 Å². The number of rotatable bonds is 8. The lowest BCUT2D eigenvalue weighted by Crippen LogP contribution is -2.40. The van der Waals surface area contributed by atoms with Gasteiger partial charge in [0.1, 0.15) is 17.5 Å². The van der Waals surface area contributed by atoms with E-state index in [-0.39, 0.29) is 18.2 Å². The quantitative estimate of drug-likeness (QED) is 0.230. The van der Waals surface area contributed by atoms with Gasteiger partial charge in [-0.05, 0) is 58.8 Å². The van der Waals surface area contributed by atoms with Crippen LogP contribution < -0.4 is 5.32 Å². The zero-order chi connectivity index (χ0) is 31.7. The van der Waals surface area contributed by atoms with Crippen LogP contribution >= 0.6 is 15.9 Å². The number of allylic oxidation sites excluding steroid dienone is 1. The van der Waals surface area contributed by atoms with E-state index in [9.17, 15) is 65.9 Å². The average molecular weight is 694 g/mol. The van der Waals surface area contributed by atoms with Gasteiger partial charge in [-0.1, -0.05) is 6.07 Å². The molecule has 18 heteroatoms. The summed E-state index contributed by atoms with van der Waals surface area (Å²) < 4.78 is 184. The summed E-state index contributed by atoms with van der Waals surface area (Å²) in [5.41, 5.74) is -5.22. The van der Waals surface area contributed by atoms with Gasteiger partial charge in [-0.3, -0.25) is 4.79 Å². The van der Waals surface area contributed by atoms with Gasteiger partial charge < -0.3 is 5.32 Å². The summed E-state index contributed by atoms with van der Waals surface area (Å²) in [6.07, 6.45) is -16.0. The largest absolute Gasteiger partial charge is 0.417 e. The second kappa shape index (κ2) is 12.2. The summed E-state index contributed by atoms with van der Waals surface area (Å²) in [5, 5.41) is 1.77. The molecule has 2 unspecified atom stereocenters. The molecular weight excluding hydrogens is 678 g/mol. The van der Waals surface area contributed by atoms with Crippen molar-refractivity contribution in [3.63, 3.8) is 0 Å². The third kappa shape index (κ3) is 9.65. The first-order chi connectivity index (χ1) is 18.4. The predicted octanol–water partition coefficient (Wildman–Crippen LogP) is 7.50. The normalized spacial score (nSPS) is 15.0. The number of carbonyl (C=O) groups excluding carboxylic acids is 1. The van der Waals surface area contributed by atoms with Crippen molar-refractivity contribution in [3.05, 3.63) is 74.8 Å². The summed E-state index contributed by atoms with van der Waals surface area (Å²) in [6.45, 7) is 0.893. The van der Waals surface area contributed by atoms with E-state index in [1.54, 1.807) is 5.32 Å². The molecule has 2 aromatic rings. The number of halogens is 13. The fourth-order valence-corrected chi connectivity index (χ4v) is 5.45. The van der Waals surface area contributed by atoms with Crippen LogP contribution in [0.25, 0.3) is 5.83 Å². The van der Waals surface area contributed by atoms with Gasteiger partial charge in [0.05, 0.1) is 21.4 Å². The number of benzene rings is 2. The van der Waals surface area contributed by atoms with E-state index < -0.39 is 102 Å². The minimum Gasteiger partial charge on any atom is -0.349 e. The van der Waals surface area contributed by atoms with Gasteiger partial charge >= 0.3 is 18.5 Å². The molecule has 0 aliphatic rings. The molecule has 0 heterocycles. The van der Waals surface area contributed by atoms with Crippen LogP contribution in [0.3, 0.4) is 0 Å². The fourth-order valence-electron chi connectivity index (χ4n) is 3.53. The SMILES string of the molecule is CC(CS(=O)(=O)CC(F)(F)F)NC(=O)c1ccc(/C(F)=C/C(c2cc(F)c(F)c(Br)c2)C(F)(F)F)cc1C(F)(F)F. The Bertz CT molecular complexity index is 1410. The molecule has 41 heavy (non-hydrogen) atoms. The maximum absolute atomic E-state index is 14.9. The van der Waals surface area contributed by atoms with E-state index in [1.165, 1.54) is 0 Å². The Hall–Kier alpha value is -2.76. The van der Waals surface area contributed by atoms with Crippen LogP contribution in [0, 0.1) is 11.6 Å². The van der Waals surface area contributed by atoms with E-state index in [4.69, 9.17) is 0 Å². The molecule has 1 N–H and O–H groups in total. The molecule has 0 aromatic heterocycles. The Morgan fingerprint density at radius 3 is 2.07 bits per heavy atom. The average Bonchev–Trinajstić information content (AvgIpc) is 2.76. The van der Waals surface area contributed by atoms with E-state index in [0.29, 0.717) is 18.2 Å². The highest BCUT2D eigenvalue weighted by Crippen LogP contribution is 2.41. The zero-order valence-corrected chi connectivity index (χ0v) is 22.5. The van der Waals surface area contributed by atoms with Gasteiger partial charge in [0.15, 0.2) is 21.5 Å². The number of hydrogen-bond donors (Lipinski definition) is 1. The van der Waals surface area contributed by atoms with Crippen LogP contribution in [0.4, 0.5) is 52.7 Å². The molecule has 2 rings (SSSR count). The van der Waals surface area contributed by atoms with Gasteiger partial charge in [-0.15, -0.1) is 0 Å². The number of carbonyl (C=O) groups is 1. The van der Waals surface area contributed by atoms with Gasteiger partial charge in [0.25, 0.3) is 5.91 Å². The summed E-state index contributed by atoms with van der Waals surface area (Å²) >= 11 is 2.50. The van der Waals surface area contributed by atoms with Crippen molar-refractivity contribution < 1.29 is 65.9 Å². The zero-order valence-electron chi connectivity index (χ0n) is 20.1. The Kier molecular flexibility index (Phi) is 10.3. The summed E-state index contributed by atoms with van der Waals surface area (Å²) in [7, 11) is -4.84. The molecule has 2 atom stereocenters. The Morgan fingerprint density at radius 1 is 1.00 bits per heavy atom. The molecule has 0 spiro atoms. The second-order valence-corrected chi connectivity index (χ2v) is 11.6. The summed E-state index contributed by atoms with van der Waals surface area (Å²) in [4.78, 5) is 12.4. The molecule has 0 aliphatic carbocycles. The highest BCUT2D eigenvalue weighted by Gasteiger charge is 2.41. The van der Waals surface area contributed by atoms with Gasteiger partial charge in [-0.2, -0.15) is 39.5 Å². The molecule has 2 aromatic carbocycles. The number of amides is 1. The third-order valence-electron chi connectivity index (χ3n) is 5.14. The Labute approximate surface area is 232 Å². The fraction of sp³-hybridized carbons (Fsp3) is 0.348. The van der Waals surface area contributed by atoms with Crippen LogP contribution in [-0.4, -0.2) is 44.2 Å². The molecule has 228 valence electrons. The topological polar surface area (TPSA) is 63.2 Å². The molecule has 0 saturated heterocycles. The molecule has 0 bridgehead atoms. The lowest BCUT2D eigenvalue weighted by molar-refractivity contribution is -0.140. The smallest absolute Gasteiger partial charge is 0.349 e. The first kappa shape index (κ1) is 34.4. The number of sulfone groups is 1. The predicted molar refractivity (Wildman–Crippen MR) is 125 cm³/mol. The first-order valence-corrected chi connectivity index (χ1v) is 13.4. The minimum absolute atomic E-state index is 0.0274. The third-order valence-corrected chi connectivity index (χ3v) is 7.49. The van der Waals surface area contributed by atoms with Crippen molar-refractivity contribution in [2.45, 2.75) is 37.4 Å². The van der Waals surface area contributed by atoms with Gasteiger partial charge in [0.2, 0.25) is 0 Å². The number of hydrogen-bond acceptors (Lipinski definition) is 3. The number of alkyl halides is 9. The van der Waals surface area contributed by atoms with Crippen molar-refractivity contribution in [3.8, 4) is 0 Å². The van der Waals surface area contributed by atoms with Crippen molar-refractivity contribution in [2.75, 3.05) is 11.5 Å². The summed E-state index contributed by atoms with van der Waals surface area (Å²) in [5.74, 6) is -13.3. The van der Waals surface area contributed by atoms with Crippen LogP contribution in [-0.2, 0) is 16.0 Å². The molecule has 4 nitrogen and oxygen atoms in total. The van der Waals surface area contributed by atoms with E-state index in [1.807, 2.05) is 0 Å².